The predicted molar refractivity (Wildman–Crippen MR) is 57.9 cm³/mol. The smallest absolute Gasteiger partial charge is 0.348 e. The number of nitrogens with zero attached hydrogens (tertiary/aromatic N) is 1. The highest BCUT2D eigenvalue weighted by Crippen LogP contribution is 2.23. The van der Waals surface area contributed by atoms with Crippen molar-refractivity contribution in [3.63, 3.8) is 0 Å². The third kappa shape index (κ3) is 3.89. The van der Waals surface area contributed by atoms with Crippen molar-refractivity contribution in [1.29, 1.82) is 0 Å². The van der Waals surface area contributed by atoms with E-state index in [9.17, 15) is 21.6 Å². The monoisotopic (exact) mass is 289 g/mol. The Labute approximate surface area is 101 Å². The molecule has 5 nitrogen and oxygen atoms in total. The van der Waals surface area contributed by atoms with Crippen LogP contribution < -0.4 is 4.72 Å². The van der Waals surface area contributed by atoms with Crippen molar-refractivity contribution in [1.82, 2.24) is 14.7 Å². The molecule has 1 unspecified atom stereocenters. The van der Waals surface area contributed by atoms with Crippen LogP contribution in [0, 0.1) is 0 Å². The van der Waals surface area contributed by atoms with E-state index in [1.165, 1.54) is 10.9 Å². The molecular weight excluding hydrogens is 279 g/mol. The summed E-state index contributed by atoms with van der Waals surface area (Å²) < 4.78 is 58.5. The Bertz CT molecular complexity index is 443. The highest BCUT2D eigenvalue weighted by molar-refractivity contribution is 7.90. The van der Waals surface area contributed by atoms with Gasteiger partial charge in [0.2, 0.25) is 0 Å². The maximum Gasteiger partial charge on any atom is 0.511 e. The molecule has 2 N–H and O–H groups in total. The minimum absolute atomic E-state index is 0.0892. The molecule has 0 saturated carbocycles. The molecule has 98 valence electrons. The van der Waals surface area contributed by atoms with Crippen molar-refractivity contribution in [2.24, 2.45) is 0 Å². The van der Waals surface area contributed by atoms with Crippen LogP contribution in [0.3, 0.4) is 0 Å². The summed E-state index contributed by atoms with van der Waals surface area (Å²) in [5.41, 5.74) is -5.29. The SMILES string of the molecule is O=S(=O)(NCCC(S)c1ncc[nH]1)C(F)(F)F. The molecule has 1 heterocycles. The average Bonchev–Trinajstić information content (AvgIpc) is 2.67. The van der Waals surface area contributed by atoms with E-state index in [-0.39, 0.29) is 13.0 Å². The molecule has 0 aliphatic carbocycles. The number of rotatable bonds is 5. The zero-order chi connectivity index (χ0) is 13.1. The number of thiol groups is 1. The van der Waals surface area contributed by atoms with Gasteiger partial charge in [0.25, 0.3) is 0 Å². The first-order valence-corrected chi connectivity index (χ1v) is 6.47. The van der Waals surface area contributed by atoms with Gasteiger partial charge in [0.1, 0.15) is 5.82 Å². The summed E-state index contributed by atoms with van der Waals surface area (Å²) in [4.78, 5) is 6.58. The minimum atomic E-state index is -5.29. The van der Waals surface area contributed by atoms with Crippen LogP contribution in [0.15, 0.2) is 12.4 Å². The van der Waals surface area contributed by atoms with Gasteiger partial charge in [-0.25, -0.2) is 18.1 Å². The Hall–Kier alpha value is -0.740. The van der Waals surface area contributed by atoms with E-state index in [2.05, 4.69) is 22.6 Å². The fourth-order valence-electron chi connectivity index (χ4n) is 1.01. The Morgan fingerprint density at radius 2 is 2.18 bits per heavy atom. The molecule has 0 aliphatic rings. The number of alkyl halides is 3. The number of nitrogens with one attached hydrogen (secondary N) is 2. The third-order valence-corrected chi connectivity index (χ3v) is 3.55. The first-order valence-electron chi connectivity index (χ1n) is 4.47. The van der Waals surface area contributed by atoms with Crippen LogP contribution in [0.1, 0.15) is 17.5 Å². The predicted octanol–water partition coefficient (Wildman–Crippen LogP) is 1.21. The molecule has 1 aromatic rings. The topological polar surface area (TPSA) is 74.8 Å². The molecule has 0 aliphatic heterocycles. The lowest BCUT2D eigenvalue weighted by molar-refractivity contribution is -0.0447. The summed E-state index contributed by atoms with van der Waals surface area (Å²) in [6.45, 7) is -0.364. The summed E-state index contributed by atoms with van der Waals surface area (Å²) in [6, 6.07) is 0. The number of sulfonamides is 1. The molecule has 0 radical (unpaired) electrons. The third-order valence-electron chi connectivity index (χ3n) is 1.85. The maximum atomic E-state index is 11.9. The second-order valence-electron chi connectivity index (χ2n) is 3.12. The van der Waals surface area contributed by atoms with Gasteiger partial charge in [-0.1, -0.05) is 0 Å². The van der Waals surface area contributed by atoms with Gasteiger partial charge in [-0.05, 0) is 6.42 Å². The highest BCUT2D eigenvalue weighted by atomic mass is 32.2. The molecule has 10 heteroatoms. The normalized spacial score (nSPS) is 14.8. The molecule has 1 aromatic heterocycles. The van der Waals surface area contributed by atoms with Crippen molar-refractivity contribution in [2.45, 2.75) is 17.2 Å². The Balaban J connectivity index is 2.44. The van der Waals surface area contributed by atoms with Crippen LogP contribution in [-0.4, -0.2) is 30.4 Å². The largest absolute Gasteiger partial charge is 0.511 e. The molecule has 1 rings (SSSR count). The molecule has 0 aromatic carbocycles. The summed E-state index contributed by atoms with van der Waals surface area (Å²) >= 11 is 4.08. The summed E-state index contributed by atoms with van der Waals surface area (Å²) in [6.07, 6.45) is 3.10. The van der Waals surface area contributed by atoms with Gasteiger partial charge in [-0.3, -0.25) is 0 Å². The van der Waals surface area contributed by atoms with Gasteiger partial charge in [0.05, 0.1) is 5.25 Å². The fourth-order valence-corrected chi connectivity index (χ4v) is 1.83. The fraction of sp³-hybridized carbons (Fsp3) is 0.571. The quantitative estimate of drug-likeness (QED) is 0.713. The van der Waals surface area contributed by atoms with Gasteiger partial charge in [0, 0.05) is 18.9 Å². The van der Waals surface area contributed by atoms with E-state index in [1.807, 2.05) is 0 Å². The molecule has 0 fully saturated rings. The highest BCUT2D eigenvalue weighted by Gasteiger charge is 2.45. The first kappa shape index (κ1) is 14.3. The standard InChI is InChI=1S/C7H10F3N3O2S2/c8-7(9,10)17(14,15)13-2-1-5(16)6-11-3-4-12-6/h3-5,13,16H,1-2H2,(H,11,12). The minimum Gasteiger partial charge on any atom is -0.348 e. The van der Waals surface area contributed by atoms with Crippen LogP contribution in [-0.2, 0) is 10.0 Å². The number of H-pyrrole nitrogens is 1. The Kier molecular flexibility index (Phi) is 4.44. The van der Waals surface area contributed by atoms with E-state index < -0.39 is 20.8 Å². The van der Waals surface area contributed by atoms with E-state index in [0.717, 1.165) is 0 Å². The van der Waals surface area contributed by atoms with Gasteiger partial charge in [-0.15, -0.1) is 0 Å². The number of aromatic amines is 1. The second-order valence-corrected chi connectivity index (χ2v) is 5.50. The lowest BCUT2D eigenvalue weighted by Gasteiger charge is -2.11. The second kappa shape index (κ2) is 5.27. The van der Waals surface area contributed by atoms with Crippen LogP contribution in [0.25, 0.3) is 0 Å². The molecule has 0 spiro atoms. The molecular formula is C7H10F3N3O2S2. The molecule has 0 amide bonds. The Morgan fingerprint density at radius 1 is 1.53 bits per heavy atom. The van der Waals surface area contributed by atoms with Crippen LogP contribution >= 0.6 is 12.6 Å². The zero-order valence-electron chi connectivity index (χ0n) is 8.40. The number of hydrogen-bond donors (Lipinski definition) is 3. The van der Waals surface area contributed by atoms with Gasteiger partial charge < -0.3 is 4.98 Å². The van der Waals surface area contributed by atoms with Crippen molar-refractivity contribution >= 4 is 22.7 Å². The summed E-state index contributed by atoms with van der Waals surface area (Å²) in [5, 5.41) is -0.457. The van der Waals surface area contributed by atoms with E-state index in [4.69, 9.17) is 0 Å². The average molecular weight is 289 g/mol. The molecule has 1 atom stereocenters. The molecule has 17 heavy (non-hydrogen) atoms. The Morgan fingerprint density at radius 3 is 2.65 bits per heavy atom. The van der Waals surface area contributed by atoms with Crippen molar-refractivity contribution in [2.75, 3.05) is 6.54 Å². The number of halogens is 3. The number of aromatic nitrogens is 2. The lowest BCUT2D eigenvalue weighted by Crippen LogP contribution is -2.37. The van der Waals surface area contributed by atoms with Crippen molar-refractivity contribution in [3.05, 3.63) is 18.2 Å². The molecule has 0 bridgehead atoms. The van der Waals surface area contributed by atoms with Gasteiger partial charge in [0.15, 0.2) is 0 Å². The lowest BCUT2D eigenvalue weighted by atomic mass is 10.3. The van der Waals surface area contributed by atoms with E-state index in [0.29, 0.717) is 5.82 Å². The van der Waals surface area contributed by atoms with Crippen LogP contribution in [0.4, 0.5) is 13.2 Å². The van der Waals surface area contributed by atoms with E-state index >= 15 is 0 Å². The number of hydrogen-bond acceptors (Lipinski definition) is 4. The van der Waals surface area contributed by atoms with Crippen molar-refractivity contribution in [3.8, 4) is 0 Å². The van der Waals surface area contributed by atoms with Gasteiger partial charge in [-0.2, -0.15) is 25.8 Å². The van der Waals surface area contributed by atoms with E-state index in [1.54, 1.807) is 6.20 Å². The zero-order valence-corrected chi connectivity index (χ0v) is 10.1. The van der Waals surface area contributed by atoms with Gasteiger partial charge >= 0.3 is 15.5 Å². The van der Waals surface area contributed by atoms with Crippen molar-refractivity contribution < 1.29 is 21.6 Å². The molecule has 0 saturated heterocycles. The number of imidazole rings is 1. The van der Waals surface area contributed by atoms with Crippen LogP contribution in [0.2, 0.25) is 0 Å². The summed E-state index contributed by atoms with van der Waals surface area (Å²) in [5.74, 6) is 0.472. The summed E-state index contributed by atoms with van der Waals surface area (Å²) in [7, 11) is -5.28. The maximum absolute atomic E-state index is 11.9. The first-order chi connectivity index (χ1) is 7.74. The van der Waals surface area contributed by atoms with Crippen LogP contribution in [0.5, 0.6) is 0 Å².